The summed E-state index contributed by atoms with van der Waals surface area (Å²) in [6, 6.07) is 8.23. The normalized spacial score (nSPS) is 21.5. The van der Waals surface area contributed by atoms with E-state index in [1.165, 1.54) is 0 Å². The van der Waals surface area contributed by atoms with Gasteiger partial charge < -0.3 is 10.4 Å². The number of hydrogen-bond donors (Lipinski definition) is 2. The minimum Gasteiger partial charge on any atom is -0.393 e. The first-order chi connectivity index (χ1) is 11.6. The lowest BCUT2D eigenvalue weighted by atomic mass is 9.75. The lowest BCUT2D eigenvalue weighted by Gasteiger charge is -2.38. The zero-order valence-electron chi connectivity index (χ0n) is 13.8. The molecule has 1 unspecified atom stereocenters. The SMILES string of the molecule is Cc1nnc(NC(c2cnn(C)c2)C2CC(O)C2)c2ccccc12. The second-order valence-corrected chi connectivity index (χ2v) is 6.63. The average molecular weight is 323 g/mol. The summed E-state index contributed by atoms with van der Waals surface area (Å²) in [5.74, 6) is 1.15. The van der Waals surface area contributed by atoms with Crippen LogP contribution in [0.2, 0.25) is 0 Å². The van der Waals surface area contributed by atoms with Crippen LogP contribution in [0.3, 0.4) is 0 Å². The Morgan fingerprint density at radius 3 is 2.62 bits per heavy atom. The number of rotatable bonds is 4. The van der Waals surface area contributed by atoms with E-state index in [0.717, 1.165) is 40.7 Å². The predicted molar refractivity (Wildman–Crippen MR) is 92.6 cm³/mol. The highest BCUT2D eigenvalue weighted by Gasteiger charge is 2.35. The minimum atomic E-state index is -0.197. The van der Waals surface area contributed by atoms with Crippen molar-refractivity contribution in [2.45, 2.75) is 31.9 Å². The number of benzene rings is 1. The van der Waals surface area contributed by atoms with Crippen LogP contribution in [0.4, 0.5) is 5.82 Å². The summed E-state index contributed by atoms with van der Waals surface area (Å²) in [6.07, 6.45) is 5.29. The molecule has 1 aliphatic rings. The highest BCUT2D eigenvalue weighted by Crippen LogP contribution is 2.40. The van der Waals surface area contributed by atoms with Gasteiger partial charge in [-0.2, -0.15) is 10.2 Å². The molecule has 0 spiro atoms. The molecule has 6 heteroatoms. The molecule has 0 amide bonds. The topological polar surface area (TPSA) is 75.9 Å². The second-order valence-electron chi connectivity index (χ2n) is 6.63. The van der Waals surface area contributed by atoms with Crippen LogP contribution < -0.4 is 5.32 Å². The highest BCUT2D eigenvalue weighted by molar-refractivity contribution is 5.92. The van der Waals surface area contributed by atoms with Gasteiger partial charge >= 0.3 is 0 Å². The largest absolute Gasteiger partial charge is 0.393 e. The zero-order chi connectivity index (χ0) is 16.7. The Morgan fingerprint density at radius 1 is 1.21 bits per heavy atom. The fourth-order valence-electron chi connectivity index (χ4n) is 3.47. The van der Waals surface area contributed by atoms with Crippen LogP contribution in [0.5, 0.6) is 0 Å². The van der Waals surface area contributed by atoms with Gasteiger partial charge in [0.25, 0.3) is 0 Å². The van der Waals surface area contributed by atoms with Crippen molar-refractivity contribution in [3.8, 4) is 0 Å². The standard InChI is InChI=1S/C18H21N5O/c1-11-15-5-3-4-6-16(15)18(22-21-11)20-17(12-7-14(24)8-12)13-9-19-23(2)10-13/h3-6,9-10,12,14,17,24H,7-8H2,1-2H3,(H,20,22). The number of aromatic nitrogens is 4. The first-order valence-corrected chi connectivity index (χ1v) is 8.27. The molecular weight excluding hydrogens is 302 g/mol. The van der Waals surface area contributed by atoms with Gasteiger partial charge in [0.05, 0.1) is 24.0 Å². The molecule has 24 heavy (non-hydrogen) atoms. The summed E-state index contributed by atoms with van der Waals surface area (Å²) >= 11 is 0. The van der Waals surface area contributed by atoms with Gasteiger partial charge in [0.15, 0.2) is 5.82 Å². The van der Waals surface area contributed by atoms with Gasteiger partial charge in [-0.05, 0) is 25.7 Å². The minimum absolute atomic E-state index is 0.0718. The molecule has 0 bridgehead atoms. The van der Waals surface area contributed by atoms with Crippen molar-refractivity contribution >= 4 is 16.6 Å². The number of nitrogens with one attached hydrogen (secondary N) is 1. The molecule has 3 aromatic rings. The number of aliphatic hydroxyl groups is 1. The summed E-state index contributed by atoms with van der Waals surface area (Å²) in [7, 11) is 1.91. The molecule has 1 aliphatic carbocycles. The van der Waals surface area contributed by atoms with Crippen LogP contribution in [0.25, 0.3) is 10.8 Å². The molecular formula is C18H21N5O. The molecule has 1 saturated carbocycles. The Morgan fingerprint density at radius 2 is 1.96 bits per heavy atom. The average Bonchev–Trinajstić information content (AvgIpc) is 2.98. The highest BCUT2D eigenvalue weighted by atomic mass is 16.3. The molecule has 6 nitrogen and oxygen atoms in total. The maximum Gasteiger partial charge on any atom is 0.157 e. The second kappa shape index (κ2) is 5.87. The Labute approximate surface area is 140 Å². The Balaban J connectivity index is 1.72. The molecule has 2 heterocycles. The third-order valence-corrected chi connectivity index (χ3v) is 4.87. The van der Waals surface area contributed by atoms with E-state index in [-0.39, 0.29) is 12.1 Å². The number of nitrogens with zero attached hydrogens (tertiary/aromatic N) is 4. The number of fused-ring (bicyclic) bond motifs is 1. The van der Waals surface area contributed by atoms with E-state index < -0.39 is 0 Å². The first kappa shape index (κ1) is 15.1. The smallest absolute Gasteiger partial charge is 0.157 e. The molecule has 0 saturated heterocycles. The van der Waals surface area contributed by atoms with Crippen LogP contribution in [-0.2, 0) is 7.05 Å². The third-order valence-electron chi connectivity index (χ3n) is 4.87. The van der Waals surface area contributed by atoms with Crippen LogP contribution in [0.15, 0.2) is 36.7 Å². The number of hydrogen-bond acceptors (Lipinski definition) is 5. The van der Waals surface area contributed by atoms with Crippen molar-refractivity contribution in [2.75, 3.05) is 5.32 Å². The fraction of sp³-hybridized carbons (Fsp3) is 0.389. The maximum atomic E-state index is 9.72. The Bertz CT molecular complexity index is 869. The molecule has 124 valence electrons. The summed E-state index contributed by atoms with van der Waals surface area (Å²) in [5.41, 5.74) is 2.04. The van der Waals surface area contributed by atoms with Crippen molar-refractivity contribution in [3.63, 3.8) is 0 Å². The molecule has 2 N–H and O–H groups in total. The van der Waals surface area contributed by atoms with Gasteiger partial charge in [-0.25, -0.2) is 0 Å². The zero-order valence-corrected chi connectivity index (χ0v) is 13.8. The summed E-state index contributed by atoms with van der Waals surface area (Å²) in [4.78, 5) is 0. The van der Waals surface area contributed by atoms with Gasteiger partial charge in [0.2, 0.25) is 0 Å². The van der Waals surface area contributed by atoms with E-state index in [4.69, 9.17) is 0 Å². The molecule has 0 radical (unpaired) electrons. The van der Waals surface area contributed by atoms with E-state index in [0.29, 0.717) is 5.92 Å². The number of aryl methyl sites for hydroxylation is 2. The molecule has 1 aromatic carbocycles. The van der Waals surface area contributed by atoms with Gasteiger partial charge in [-0.15, -0.1) is 5.10 Å². The van der Waals surface area contributed by atoms with E-state index in [1.807, 2.05) is 38.5 Å². The Kier molecular flexibility index (Phi) is 3.69. The van der Waals surface area contributed by atoms with E-state index >= 15 is 0 Å². The fourth-order valence-corrected chi connectivity index (χ4v) is 3.47. The maximum absolute atomic E-state index is 9.72. The van der Waals surface area contributed by atoms with Crippen molar-refractivity contribution in [3.05, 3.63) is 47.9 Å². The van der Waals surface area contributed by atoms with Crippen LogP contribution in [0, 0.1) is 12.8 Å². The van der Waals surface area contributed by atoms with E-state index in [9.17, 15) is 5.11 Å². The monoisotopic (exact) mass is 323 g/mol. The van der Waals surface area contributed by atoms with Gasteiger partial charge in [0, 0.05) is 29.6 Å². The summed E-state index contributed by atoms with van der Waals surface area (Å²) < 4.78 is 1.80. The quantitative estimate of drug-likeness (QED) is 0.772. The molecule has 1 fully saturated rings. The summed E-state index contributed by atoms with van der Waals surface area (Å²) in [6.45, 7) is 1.97. The van der Waals surface area contributed by atoms with Gasteiger partial charge in [-0.3, -0.25) is 4.68 Å². The molecule has 2 aromatic heterocycles. The lowest BCUT2D eigenvalue weighted by molar-refractivity contribution is 0.0339. The van der Waals surface area contributed by atoms with Gasteiger partial charge in [-0.1, -0.05) is 24.3 Å². The van der Waals surface area contributed by atoms with E-state index in [2.05, 4.69) is 32.7 Å². The summed E-state index contributed by atoms with van der Waals surface area (Å²) in [5, 5.41) is 28.4. The van der Waals surface area contributed by atoms with Crippen molar-refractivity contribution in [2.24, 2.45) is 13.0 Å². The molecule has 4 rings (SSSR count). The molecule has 1 atom stereocenters. The predicted octanol–water partition coefficient (Wildman–Crippen LogP) is 2.60. The Hall–Kier alpha value is -2.47. The molecule has 0 aliphatic heterocycles. The lowest BCUT2D eigenvalue weighted by Crippen LogP contribution is -2.36. The first-order valence-electron chi connectivity index (χ1n) is 8.27. The number of anilines is 1. The van der Waals surface area contributed by atoms with E-state index in [1.54, 1.807) is 4.68 Å². The van der Waals surface area contributed by atoms with Crippen molar-refractivity contribution < 1.29 is 5.11 Å². The third kappa shape index (κ3) is 2.63. The van der Waals surface area contributed by atoms with Crippen molar-refractivity contribution in [1.82, 2.24) is 20.0 Å². The number of aliphatic hydroxyl groups excluding tert-OH is 1. The van der Waals surface area contributed by atoms with Crippen LogP contribution in [-0.4, -0.2) is 31.2 Å². The van der Waals surface area contributed by atoms with Crippen LogP contribution >= 0.6 is 0 Å². The van der Waals surface area contributed by atoms with Crippen LogP contribution in [0.1, 0.15) is 30.1 Å². The van der Waals surface area contributed by atoms with Crippen molar-refractivity contribution in [1.29, 1.82) is 0 Å². The van der Waals surface area contributed by atoms with Gasteiger partial charge in [0.1, 0.15) is 0 Å².